The van der Waals surface area contributed by atoms with Crippen molar-refractivity contribution in [1.82, 2.24) is 0 Å². The lowest BCUT2D eigenvalue weighted by Gasteiger charge is -2.32. The van der Waals surface area contributed by atoms with Crippen molar-refractivity contribution < 1.29 is 10.0 Å². The largest absolute Gasteiger partial charge is 0.488 e. The number of hydrogen-bond acceptors (Lipinski definition) is 2. The molecule has 0 amide bonds. The van der Waals surface area contributed by atoms with Gasteiger partial charge in [0.25, 0.3) is 0 Å². The first-order valence-electron chi connectivity index (χ1n) is 12.4. The van der Waals surface area contributed by atoms with Crippen LogP contribution in [0.5, 0.6) is 0 Å². The molecule has 168 valence electrons. The van der Waals surface area contributed by atoms with Crippen molar-refractivity contribution in [3.05, 3.63) is 138 Å². The minimum Gasteiger partial charge on any atom is -0.423 e. The Morgan fingerprint density at radius 3 is 1.86 bits per heavy atom. The van der Waals surface area contributed by atoms with Gasteiger partial charge in [-0.05, 0) is 71.5 Å². The van der Waals surface area contributed by atoms with Gasteiger partial charge in [-0.1, -0.05) is 115 Å². The molecule has 2 N–H and O–H groups in total. The topological polar surface area (TPSA) is 40.5 Å². The first-order chi connectivity index (χ1) is 17.7. The van der Waals surface area contributed by atoms with Crippen LogP contribution in [-0.2, 0) is 5.41 Å². The van der Waals surface area contributed by atoms with Gasteiger partial charge in [-0.15, -0.1) is 0 Å². The van der Waals surface area contributed by atoms with Gasteiger partial charge in [0.2, 0.25) is 0 Å². The summed E-state index contributed by atoms with van der Waals surface area (Å²) in [6.45, 7) is 0. The third-order valence-corrected chi connectivity index (χ3v) is 8.29. The van der Waals surface area contributed by atoms with Crippen LogP contribution >= 0.6 is 0 Å². The van der Waals surface area contributed by atoms with Gasteiger partial charge in [0, 0.05) is 0 Å². The molecule has 1 spiro atoms. The van der Waals surface area contributed by atoms with Crippen LogP contribution in [0.15, 0.2) is 115 Å². The van der Waals surface area contributed by atoms with E-state index in [1.165, 1.54) is 54.9 Å². The number of fused-ring (bicyclic) bond motifs is 14. The van der Waals surface area contributed by atoms with E-state index in [-0.39, 0.29) is 0 Å². The third kappa shape index (κ3) is 2.26. The Balaban J connectivity index is 1.67. The quantitative estimate of drug-likeness (QED) is 0.233. The zero-order chi connectivity index (χ0) is 24.0. The average Bonchev–Trinajstić information content (AvgIpc) is 3.40. The highest BCUT2D eigenvalue weighted by molar-refractivity contribution is 6.59. The van der Waals surface area contributed by atoms with Crippen molar-refractivity contribution >= 4 is 34.1 Å². The lowest BCUT2D eigenvalue weighted by Crippen LogP contribution is -2.40. The number of hydrogen-bond donors (Lipinski definition) is 2. The van der Waals surface area contributed by atoms with Gasteiger partial charge in [-0.2, -0.15) is 0 Å². The van der Waals surface area contributed by atoms with E-state index in [1.807, 2.05) is 12.1 Å². The zero-order valence-corrected chi connectivity index (χ0v) is 19.4. The van der Waals surface area contributed by atoms with Crippen LogP contribution in [0, 0.1) is 0 Å². The smallest absolute Gasteiger partial charge is 0.423 e. The minimum absolute atomic E-state index is 0.559. The van der Waals surface area contributed by atoms with E-state index in [0.717, 1.165) is 11.1 Å². The zero-order valence-electron chi connectivity index (χ0n) is 19.4. The molecule has 0 fully saturated rings. The van der Waals surface area contributed by atoms with Crippen LogP contribution in [0.1, 0.15) is 22.3 Å². The van der Waals surface area contributed by atoms with Gasteiger partial charge in [0.15, 0.2) is 0 Å². The van der Waals surface area contributed by atoms with Gasteiger partial charge in [-0.3, -0.25) is 0 Å². The molecule has 0 atom stereocenters. The van der Waals surface area contributed by atoms with Crippen molar-refractivity contribution in [3.63, 3.8) is 0 Å². The first-order valence-corrected chi connectivity index (χ1v) is 12.4. The van der Waals surface area contributed by atoms with E-state index in [2.05, 4.69) is 103 Å². The maximum atomic E-state index is 10.6. The number of rotatable bonds is 1. The summed E-state index contributed by atoms with van der Waals surface area (Å²) >= 11 is 0. The highest BCUT2D eigenvalue weighted by Gasteiger charge is 2.53. The Morgan fingerprint density at radius 1 is 0.500 bits per heavy atom. The van der Waals surface area contributed by atoms with Crippen LogP contribution in [0.2, 0.25) is 0 Å². The standard InChI is InChI=1S/C33H21BO2/c35-34(36)29-15-7-12-25-31-28(19-18-21-17-16-20-8-1-2-9-22(20)30(21)31)33(32(25)29)26-13-5-3-10-23(26)24-11-4-6-14-27(24)33/h1-19,35-36H. The Morgan fingerprint density at radius 2 is 1.11 bits per heavy atom. The molecule has 6 aromatic carbocycles. The van der Waals surface area contributed by atoms with E-state index in [4.69, 9.17) is 0 Å². The van der Waals surface area contributed by atoms with E-state index in [9.17, 15) is 10.0 Å². The van der Waals surface area contributed by atoms with E-state index in [1.54, 1.807) is 0 Å². The molecule has 0 saturated carbocycles. The Kier molecular flexibility index (Phi) is 3.87. The molecular weight excluding hydrogens is 439 g/mol. The molecule has 6 aromatic rings. The van der Waals surface area contributed by atoms with Gasteiger partial charge in [-0.25, -0.2) is 0 Å². The predicted octanol–water partition coefficient (Wildman–Crippen LogP) is 6.02. The van der Waals surface area contributed by atoms with Gasteiger partial charge >= 0.3 is 7.12 Å². The predicted molar refractivity (Wildman–Crippen MR) is 148 cm³/mol. The Bertz CT molecular complexity index is 1840. The van der Waals surface area contributed by atoms with Crippen molar-refractivity contribution in [2.24, 2.45) is 0 Å². The van der Waals surface area contributed by atoms with Crippen LogP contribution in [0.25, 0.3) is 43.8 Å². The fourth-order valence-corrected chi connectivity index (χ4v) is 7.03. The maximum Gasteiger partial charge on any atom is 0.488 e. The lowest BCUT2D eigenvalue weighted by molar-refractivity contribution is 0.425. The van der Waals surface area contributed by atoms with E-state index < -0.39 is 12.5 Å². The molecule has 0 bridgehead atoms. The molecule has 0 unspecified atom stereocenters. The summed E-state index contributed by atoms with van der Waals surface area (Å²) in [5, 5.41) is 26.1. The average molecular weight is 460 g/mol. The molecule has 0 radical (unpaired) electrons. The Hall–Kier alpha value is -4.18. The van der Waals surface area contributed by atoms with Crippen molar-refractivity contribution in [2.45, 2.75) is 5.41 Å². The normalized spacial score (nSPS) is 14.1. The number of benzene rings is 6. The molecule has 3 heteroatoms. The minimum atomic E-state index is -1.57. The molecule has 8 rings (SSSR count). The van der Waals surface area contributed by atoms with Crippen molar-refractivity contribution in [3.8, 4) is 22.3 Å². The SMILES string of the molecule is OB(O)c1cccc2c1C1(c3ccccc3-c3ccccc31)c1ccc3ccc4ccccc4c3c1-2. The second-order valence-electron chi connectivity index (χ2n) is 9.86. The molecule has 0 aromatic heterocycles. The van der Waals surface area contributed by atoms with Gasteiger partial charge in [0.1, 0.15) is 0 Å². The van der Waals surface area contributed by atoms with Gasteiger partial charge in [0.05, 0.1) is 5.41 Å². The molecule has 2 aliphatic rings. The summed E-state index contributed by atoms with van der Waals surface area (Å²) in [5.41, 5.74) is 9.17. The fraction of sp³-hybridized carbons (Fsp3) is 0.0303. The first kappa shape index (κ1) is 20.1. The van der Waals surface area contributed by atoms with Crippen LogP contribution in [0.3, 0.4) is 0 Å². The summed E-state index contributed by atoms with van der Waals surface area (Å²) in [6.07, 6.45) is 0. The lowest BCUT2D eigenvalue weighted by atomic mass is 9.64. The summed E-state index contributed by atoms with van der Waals surface area (Å²) in [4.78, 5) is 0. The monoisotopic (exact) mass is 460 g/mol. The Labute approximate surface area is 209 Å². The molecule has 2 aliphatic carbocycles. The molecule has 0 heterocycles. The molecular formula is C33H21BO2. The van der Waals surface area contributed by atoms with Crippen LogP contribution < -0.4 is 5.46 Å². The summed E-state index contributed by atoms with van der Waals surface area (Å²) in [5.74, 6) is 0. The van der Waals surface area contributed by atoms with Crippen LogP contribution in [0.4, 0.5) is 0 Å². The summed E-state index contributed by atoms with van der Waals surface area (Å²) in [6, 6.07) is 40.5. The van der Waals surface area contributed by atoms with Crippen LogP contribution in [-0.4, -0.2) is 17.2 Å². The van der Waals surface area contributed by atoms with E-state index >= 15 is 0 Å². The molecule has 36 heavy (non-hydrogen) atoms. The second-order valence-corrected chi connectivity index (χ2v) is 9.86. The highest BCUT2D eigenvalue weighted by Crippen LogP contribution is 2.63. The van der Waals surface area contributed by atoms with Crippen molar-refractivity contribution in [2.75, 3.05) is 0 Å². The fourth-order valence-electron chi connectivity index (χ4n) is 7.03. The summed E-state index contributed by atoms with van der Waals surface area (Å²) < 4.78 is 0. The summed E-state index contributed by atoms with van der Waals surface area (Å²) in [7, 11) is -1.57. The van der Waals surface area contributed by atoms with Gasteiger partial charge < -0.3 is 10.0 Å². The molecule has 0 saturated heterocycles. The van der Waals surface area contributed by atoms with Crippen molar-refractivity contribution in [1.29, 1.82) is 0 Å². The highest BCUT2D eigenvalue weighted by atomic mass is 16.4. The van der Waals surface area contributed by atoms with E-state index in [0.29, 0.717) is 5.46 Å². The molecule has 2 nitrogen and oxygen atoms in total. The third-order valence-electron chi connectivity index (χ3n) is 8.29. The molecule has 0 aliphatic heterocycles. The second kappa shape index (κ2) is 6.95. The maximum absolute atomic E-state index is 10.6.